The fourth-order valence-corrected chi connectivity index (χ4v) is 7.94. The summed E-state index contributed by atoms with van der Waals surface area (Å²) >= 11 is 0. The summed E-state index contributed by atoms with van der Waals surface area (Å²) in [5.41, 5.74) is 12.3. The molecule has 11 rings (SSSR count). The number of hydrogen-bond donors (Lipinski definition) is 0. The van der Waals surface area contributed by atoms with Gasteiger partial charge in [-0.15, -0.1) is 0 Å². The molecular formula is C43H27N5. The van der Waals surface area contributed by atoms with Crippen LogP contribution in [0.5, 0.6) is 0 Å². The molecular weight excluding hydrogens is 587 g/mol. The van der Waals surface area contributed by atoms with Crippen LogP contribution in [0.15, 0.2) is 164 Å². The number of para-hydroxylation sites is 5. The zero-order valence-corrected chi connectivity index (χ0v) is 25.8. The minimum absolute atomic E-state index is 0.893. The van der Waals surface area contributed by atoms with E-state index in [9.17, 15) is 0 Å². The molecule has 0 aliphatic rings. The van der Waals surface area contributed by atoms with Gasteiger partial charge in [-0.05, 0) is 72.8 Å². The number of nitrogens with zero attached hydrogens (tertiary/aromatic N) is 5. The average Bonchev–Trinajstić information content (AvgIpc) is 3.87. The van der Waals surface area contributed by atoms with Crippen LogP contribution in [-0.4, -0.2) is 23.1 Å². The first kappa shape index (κ1) is 25.6. The molecule has 0 aliphatic carbocycles. The number of aromatic nitrogens is 5. The maximum absolute atomic E-state index is 5.28. The van der Waals surface area contributed by atoms with Crippen LogP contribution in [0.25, 0.3) is 88.5 Å². The fraction of sp³-hybridized carbons (Fsp3) is 0. The van der Waals surface area contributed by atoms with E-state index in [1.54, 1.807) is 0 Å². The molecule has 48 heavy (non-hydrogen) atoms. The maximum Gasteiger partial charge on any atom is 0.220 e. The van der Waals surface area contributed by atoms with Crippen LogP contribution < -0.4 is 0 Å². The van der Waals surface area contributed by atoms with Crippen LogP contribution in [0.3, 0.4) is 0 Å². The highest BCUT2D eigenvalue weighted by atomic mass is 15.2. The van der Waals surface area contributed by atoms with Gasteiger partial charge in [0.2, 0.25) is 5.78 Å². The second kappa shape index (κ2) is 9.47. The van der Waals surface area contributed by atoms with E-state index in [2.05, 4.69) is 182 Å². The first-order chi connectivity index (χ1) is 23.8. The fourth-order valence-electron chi connectivity index (χ4n) is 7.94. The summed E-state index contributed by atoms with van der Waals surface area (Å²) < 4.78 is 9.39. The highest BCUT2D eigenvalue weighted by Crippen LogP contribution is 2.37. The number of rotatable bonds is 3. The van der Waals surface area contributed by atoms with Crippen molar-refractivity contribution < 1.29 is 0 Å². The van der Waals surface area contributed by atoms with Crippen LogP contribution in [0.2, 0.25) is 0 Å². The standard InChI is InChI=1S/C43H27N5/c1-2-12-28(13-3-1)47-40-25-23-30(46-38-20-10-6-16-33(38)34-17-7-11-21-39(34)46)27-42(40)48-41-26-29(22-24-35(41)44-43(47)48)45-36-18-8-4-14-31(36)32-15-5-9-19-37(32)45/h1-27H. The lowest BCUT2D eigenvalue weighted by molar-refractivity contribution is 1.11. The molecule has 0 atom stereocenters. The van der Waals surface area contributed by atoms with Gasteiger partial charge in [0.25, 0.3) is 0 Å². The van der Waals surface area contributed by atoms with E-state index in [-0.39, 0.29) is 0 Å². The quantitative estimate of drug-likeness (QED) is 0.195. The van der Waals surface area contributed by atoms with Gasteiger partial charge in [-0.25, -0.2) is 4.98 Å². The Morgan fingerprint density at radius 3 is 1.31 bits per heavy atom. The summed E-state index contributed by atoms with van der Waals surface area (Å²) in [4.78, 5) is 5.28. The van der Waals surface area contributed by atoms with Gasteiger partial charge in [0.1, 0.15) is 0 Å². The normalized spacial score (nSPS) is 12.2. The van der Waals surface area contributed by atoms with Crippen molar-refractivity contribution in [2.75, 3.05) is 0 Å². The number of benzene rings is 7. The van der Waals surface area contributed by atoms with Crippen molar-refractivity contribution in [3.63, 3.8) is 0 Å². The first-order valence-electron chi connectivity index (χ1n) is 16.3. The van der Waals surface area contributed by atoms with E-state index in [0.29, 0.717) is 0 Å². The van der Waals surface area contributed by atoms with Gasteiger partial charge in [0.15, 0.2) is 0 Å². The third-order valence-electron chi connectivity index (χ3n) is 9.95. The summed E-state index contributed by atoms with van der Waals surface area (Å²) in [6.45, 7) is 0. The smallest absolute Gasteiger partial charge is 0.220 e. The van der Waals surface area contributed by atoms with Crippen LogP contribution in [0.1, 0.15) is 0 Å². The van der Waals surface area contributed by atoms with Crippen LogP contribution in [-0.2, 0) is 0 Å². The number of hydrogen-bond acceptors (Lipinski definition) is 1. The van der Waals surface area contributed by atoms with Gasteiger partial charge in [-0.1, -0.05) is 91.0 Å². The first-order valence-corrected chi connectivity index (χ1v) is 16.3. The van der Waals surface area contributed by atoms with Gasteiger partial charge in [-0.2, -0.15) is 0 Å². The van der Waals surface area contributed by atoms with Gasteiger partial charge in [0, 0.05) is 38.6 Å². The van der Waals surface area contributed by atoms with Crippen molar-refractivity contribution in [3.05, 3.63) is 164 Å². The van der Waals surface area contributed by atoms with Gasteiger partial charge in [0.05, 0.1) is 44.1 Å². The summed E-state index contributed by atoms with van der Waals surface area (Å²) in [5.74, 6) is 0.893. The van der Waals surface area contributed by atoms with Gasteiger partial charge in [-0.3, -0.25) is 8.97 Å². The van der Waals surface area contributed by atoms with Crippen molar-refractivity contribution in [3.8, 4) is 17.1 Å². The summed E-state index contributed by atoms with van der Waals surface area (Å²) in [5, 5.41) is 5.01. The largest absolute Gasteiger partial charge is 0.309 e. The van der Waals surface area contributed by atoms with Crippen LogP contribution >= 0.6 is 0 Å². The molecule has 0 radical (unpaired) electrons. The van der Waals surface area contributed by atoms with Crippen LogP contribution in [0.4, 0.5) is 0 Å². The Morgan fingerprint density at radius 2 is 0.771 bits per heavy atom. The highest BCUT2D eigenvalue weighted by Gasteiger charge is 2.20. The van der Waals surface area contributed by atoms with Crippen molar-refractivity contribution in [2.24, 2.45) is 0 Å². The predicted molar refractivity (Wildman–Crippen MR) is 198 cm³/mol. The Kier molecular flexibility index (Phi) is 5.05. The molecule has 4 heterocycles. The second-order valence-corrected chi connectivity index (χ2v) is 12.5. The SMILES string of the molecule is c1ccc(-n2c3ccc(-n4c5ccccc5c5ccccc54)cc3n3c4cc(-n5c6ccccc6c6ccccc65)ccc4nc23)cc1. The van der Waals surface area contributed by atoms with Crippen molar-refractivity contribution in [2.45, 2.75) is 0 Å². The molecule has 224 valence electrons. The topological polar surface area (TPSA) is 32.1 Å². The van der Waals surface area contributed by atoms with E-state index in [4.69, 9.17) is 4.98 Å². The minimum atomic E-state index is 0.893. The second-order valence-electron chi connectivity index (χ2n) is 12.5. The molecule has 7 aromatic carbocycles. The monoisotopic (exact) mass is 613 g/mol. The molecule has 5 nitrogen and oxygen atoms in total. The zero-order chi connectivity index (χ0) is 31.3. The minimum Gasteiger partial charge on any atom is -0.309 e. The number of imidazole rings is 2. The number of fused-ring (bicyclic) bond motifs is 11. The lowest BCUT2D eigenvalue weighted by Crippen LogP contribution is -1.96. The van der Waals surface area contributed by atoms with E-state index < -0.39 is 0 Å². The Hall–Kier alpha value is -6.59. The van der Waals surface area contributed by atoms with E-state index in [1.165, 1.54) is 43.6 Å². The molecule has 0 fully saturated rings. The van der Waals surface area contributed by atoms with E-state index in [0.717, 1.165) is 44.9 Å². The van der Waals surface area contributed by atoms with Crippen molar-refractivity contribution >= 4 is 71.5 Å². The lowest BCUT2D eigenvalue weighted by Gasteiger charge is -2.10. The molecule has 0 N–H and O–H groups in total. The molecule has 5 heteroatoms. The van der Waals surface area contributed by atoms with E-state index >= 15 is 0 Å². The van der Waals surface area contributed by atoms with Crippen molar-refractivity contribution in [1.82, 2.24) is 23.1 Å². The molecule has 0 aliphatic heterocycles. The Bertz CT molecular complexity index is 2950. The molecule has 0 spiro atoms. The summed E-state index contributed by atoms with van der Waals surface area (Å²) in [7, 11) is 0. The molecule has 0 bridgehead atoms. The average molecular weight is 614 g/mol. The van der Waals surface area contributed by atoms with Gasteiger partial charge >= 0.3 is 0 Å². The van der Waals surface area contributed by atoms with Gasteiger partial charge < -0.3 is 9.13 Å². The molecule has 0 saturated carbocycles. The lowest BCUT2D eigenvalue weighted by atomic mass is 10.2. The third kappa shape index (κ3) is 3.37. The molecule has 11 aromatic rings. The Morgan fingerprint density at radius 1 is 0.312 bits per heavy atom. The summed E-state index contributed by atoms with van der Waals surface area (Å²) in [6, 6.07) is 58.8. The zero-order valence-electron chi connectivity index (χ0n) is 25.8. The van der Waals surface area contributed by atoms with E-state index in [1.807, 2.05) is 0 Å². The highest BCUT2D eigenvalue weighted by molar-refractivity contribution is 6.10. The Labute approximate surface area is 274 Å². The van der Waals surface area contributed by atoms with Crippen molar-refractivity contribution in [1.29, 1.82) is 0 Å². The summed E-state index contributed by atoms with van der Waals surface area (Å²) in [6.07, 6.45) is 0. The predicted octanol–water partition coefficient (Wildman–Crippen LogP) is 10.6. The Balaban J connectivity index is 1.25. The van der Waals surface area contributed by atoms with Crippen LogP contribution in [0, 0.1) is 0 Å². The molecule has 0 unspecified atom stereocenters. The third-order valence-corrected chi connectivity index (χ3v) is 9.95. The molecule has 0 saturated heterocycles. The molecule has 0 amide bonds. The maximum atomic E-state index is 5.28. The molecule has 4 aromatic heterocycles.